The summed E-state index contributed by atoms with van der Waals surface area (Å²) in [5, 5.41) is 3.29. The average Bonchev–Trinajstić information content (AvgIpc) is 3.25. The monoisotopic (exact) mass is 462 g/mol. The van der Waals surface area contributed by atoms with Gasteiger partial charge in [0, 0.05) is 28.4 Å². The molecule has 0 unspecified atom stereocenters. The van der Waals surface area contributed by atoms with Crippen molar-refractivity contribution in [3.8, 4) is 11.1 Å². The highest BCUT2D eigenvalue weighted by Gasteiger charge is 2.35. The quantitative estimate of drug-likeness (QED) is 0.533. The van der Waals surface area contributed by atoms with E-state index in [0.717, 1.165) is 10.1 Å². The fourth-order valence-corrected chi connectivity index (χ4v) is 5.87. The van der Waals surface area contributed by atoms with Crippen molar-refractivity contribution in [1.29, 1.82) is 0 Å². The molecule has 0 atom stereocenters. The zero-order chi connectivity index (χ0) is 21.1. The van der Waals surface area contributed by atoms with Crippen molar-refractivity contribution in [2.45, 2.75) is 10.6 Å². The predicted octanol–water partition coefficient (Wildman–Crippen LogP) is 4.16. The van der Waals surface area contributed by atoms with E-state index in [4.69, 9.17) is 16.0 Å². The fraction of sp³-hybridized carbons (Fsp3) is 0.190. The molecule has 3 aromatic rings. The minimum absolute atomic E-state index is 0.168. The molecular formula is C21H19ClN2O4S2. The number of carbonyl (C=O) groups is 1. The number of anilines is 1. The Kier molecular flexibility index (Phi) is 6.08. The van der Waals surface area contributed by atoms with Gasteiger partial charge in [0.05, 0.1) is 22.6 Å². The number of amides is 1. The third-order valence-corrected chi connectivity index (χ3v) is 7.69. The van der Waals surface area contributed by atoms with Gasteiger partial charge in [0.25, 0.3) is 10.0 Å². The smallest absolute Gasteiger partial charge is 0.265 e. The summed E-state index contributed by atoms with van der Waals surface area (Å²) in [6, 6.07) is 15.5. The summed E-state index contributed by atoms with van der Waals surface area (Å²) in [5.74, 6) is 1.92. The van der Waals surface area contributed by atoms with Crippen LogP contribution in [0.25, 0.3) is 11.1 Å². The number of furan rings is 1. The highest BCUT2D eigenvalue weighted by Crippen LogP contribution is 2.43. The molecule has 1 aliphatic rings. The van der Waals surface area contributed by atoms with E-state index in [-0.39, 0.29) is 17.3 Å². The van der Waals surface area contributed by atoms with Crippen LogP contribution in [0.3, 0.4) is 0 Å². The minimum atomic E-state index is -3.86. The van der Waals surface area contributed by atoms with Gasteiger partial charge in [0.1, 0.15) is 12.3 Å². The maximum Gasteiger partial charge on any atom is 0.265 e. The zero-order valence-corrected chi connectivity index (χ0v) is 18.3. The predicted molar refractivity (Wildman–Crippen MR) is 119 cm³/mol. The number of thioether (sulfide) groups is 1. The first-order valence-electron chi connectivity index (χ1n) is 9.25. The molecule has 1 amide bonds. The molecule has 156 valence electrons. The van der Waals surface area contributed by atoms with E-state index < -0.39 is 10.0 Å². The van der Waals surface area contributed by atoms with Gasteiger partial charge in [-0.1, -0.05) is 29.8 Å². The summed E-state index contributed by atoms with van der Waals surface area (Å²) >= 11 is 7.77. The van der Waals surface area contributed by atoms with Gasteiger partial charge in [-0.2, -0.15) is 11.8 Å². The molecule has 0 saturated heterocycles. The van der Waals surface area contributed by atoms with Crippen LogP contribution < -0.4 is 9.62 Å². The second-order valence-corrected chi connectivity index (χ2v) is 10.0. The normalized spacial score (nSPS) is 14.1. The number of benzene rings is 2. The molecule has 1 aliphatic heterocycles. The van der Waals surface area contributed by atoms with Crippen LogP contribution in [0.1, 0.15) is 5.76 Å². The van der Waals surface area contributed by atoms with Crippen LogP contribution >= 0.6 is 23.4 Å². The Balaban J connectivity index is 1.46. The molecule has 2 heterocycles. The van der Waals surface area contributed by atoms with E-state index in [1.165, 1.54) is 0 Å². The number of hydrogen-bond donors (Lipinski definition) is 1. The molecule has 9 heteroatoms. The average molecular weight is 463 g/mol. The largest absolute Gasteiger partial charge is 0.468 e. The Morgan fingerprint density at radius 2 is 1.93 bits per heavy atom. The lowest BCUT2D eigenvalue weighted by Gasteiger charge is -2.31. The molecule has 0 radical (unpaired) electrons. The third kappa shape index (κ3) is 4.21. The van der Waals surface area contributed by atoms with Crippen molar-refractivity contribution in [3.63, 3.8) is 0 Å². The van der Waals surface area contributed by atoms with Crippen molar-refractivity contribution in [1.82, 2.24) is 5.32 Å². The Morgan fingerprint density at radius 3 is 2.73 bits per heavy atom. The molecule has 0 aliphatic carbocycles. The summed E-state index contributed by atoms with van der Waals surface area (Å²) in [6.07, 6.45) is 1.62. The van der Waals surface area contributed by atoms with Crippen molar-refractivity contribution in [2.24, 2.45) is 0 Å². The van der Waals surface area contributed by atoms with Gasteiger partial charge in [0.2, 0.25) is 5.91 Å². The Hall–Kier alpha value is -2.42. The minimum Gasteiger partial charge on any atom is -0.468 e. The van der Waals surface area contributed by atoms with Crippen LogP contribution in [-0.4, -0.2) is 33.2 Å². The van der Waals surface area contributed by atoms with Crippen molar-refractivity contribution in [2.75, 3.05) is 23.1 Å². The summed E-state index contributed by atoms with van der Waals surface area (Å²) in [4.78, 5) is 12.7. The highest BCUT2D eigenvalue weighted by atomic mass is 35.5. The highest BCUT2D eigenvalue weighted by molar-refractivity contribution is 7.98. The van der Waals surface area contributed by atoms with Crippen LogP contribution in [0.5, 0.6) is 0 Å². The molecule has 30 heavy (non-hydrogen) atoms. The van der Waals surface area contributed by atoms with Crippen LogP contribution in [-0.2, 0) is 20.6 Å². The summed E-state index contributed by atoms with van der Waals surface area (Å²) < 4.78 is 32.8. The Morgan fingerprint density at radius 1 is 1.10 bits per heavy atom. The number of hydrogen-bond acceptors (Lipinski definition) is 5. The van der Waals surface area contributed by atoms with Crippen LogP contribution in [0, 0.1) is 0 Å². The SMILES string of the molecule is O=C(CN1c2ccc(Cl)cc2-c2ccccc2S1(=O)=O)NCCSCc1ccco1. The van der Waals surface area contributed by atoms with E-state index in [1.807, 2.05) is 12.1 Å². The van der Waals surface area contributed by atoms with E-state index in [1.54, 1.807) is 60.5 Å². The zero-order valence-electron chi connectivity index (χ0n) is 15.9. The van der Waals surface area contributed by atoms with Crippen molar-refractivity contribution >= 4 is 45.0 Å². The van der Waals surface area contributed by atoms with E-state index in [2.05, 4.69) is 5.32 Å². The molecule has 2 aromatic carbocycles. The number of halogens is 1. The number of rotatable bonds is 7. The number of carbonyl (C=O) groups excluding carboxylic acids is 1. The Labute approximate surface area is 184 Å². The second kappa shape index (κ2) is 8.75. The molecule has 4 rings (SSSR count). The number of nitrogens with zero attached hydrogens (tertiary/aromatic N) is 1. The molecule has 0 spiro atoms. The van der Waals surface area contributed by atoms with Gasteiger partial charge >= 0.3 is 0 Å². The van der Waals surface area contributed by atoms with Gasteiger partial charge < -0.3 is 9.73 Å². The number of sulfonamides is 1. The van der Waals surface area contributed by atoms with Gasteiger partial charge in [-0.25, -0.2) is 8.42 Å². The van der Waals surface area contributed by atoms with Gasteiger partial charge in [-0.05, 0) is 36.4 Å². The van der Waals surface area contributed by atoms with Crippen LogP contribution in [0.4, 0.5) is 5.69 Å². The summed E-state index contributed by atoms with van der Waals surface area (Å²) in [7, 11) is -3.86. The summed E-state index contributed by atoms with van der Waals surface area (Å²) in [5.41, 5.74) is 1.72. The summed E-state index contributed by atoms with van der Waals surface area (Å²) in [6.45, 7) is 0.135. The second-order valence-electron chi connectivity index (χ2n) is 6.65. The lowest BCUT2D eigenvalue weighted by Crippen LogP contribution is -2.43. The first-order chi connectivity index (χ1) is 14.5. The van der Waals surface area contributed by atoms with E-state index in [0.29, 0.717) is 39.9 Å². The van der Waals surface area contributed by atoms with Crippen LogP contribution in [0.2, 0.25) is 5.02 Å². The molecule has 0 fully saturated rings. The lowest BCUT2D eigenvalue weighted by molar-refractivity contribution is -0.119. The Bertz CT molecular complexity index is 1160. The molecule has 6 nitrogen and oxygen atoms in total. The standard InChI is InChI=1S/C21H19ClN2O4S2/c22-15-7-8-19-18(12-15)17-5-1-2-6-20(17)30(26,27)24(19)13-21(25)23-9-11-29-14-16-4-3-10-28-16/h1-8,10,12H,9,11,13-14H2,(H,23,25). The fourth-order valence-electron chi connectivity index (χ4n) is 3.29. The molecule has 0 bridgehead atoms. The topological polar surface area (TPSA) is 79.6 Å². The van der Waals surface area contributed by atoms with Crippen molar-refractivity contribution in [3.05, 3.63) is 71.6 Å². The van der Waals surface area contributed by atoms with Gasteiger partial charge in [-0.15, -0.1) is 0 Å². The maximum absolute atomic E-state index is 13.2. The number of nitrogens with one attached hydrogen (secondary N) is 1. The van der Waals surface area contributed by atoms with E-state index in [9.17, 15) is 13.2 Å². The first-order valence-corrected chi connectivity index (χ1v) is 12.2. The third-order valence-electron chi connectivity index (χ3n) is 4.65. The first kappa shape index (κ1) is 20.8. The van der Waals surface area contributed by atoms with Gasteiger partial charge in [0.15, 0.2) is 0 Å². The molecule has 1 N–H and O–H groups in total. The molecular weight excluding hydrogens is 444 g/mol. The van der Waals surface area contributed by atoms with Crippen molar-refractivity contribution < 1.29 is 17.6 Å². The lowest BCUT2D eigenvalue weighted by atomic mass is 10.0. The molecule has 0 saturated carbocycles. The number of fused-ring (bicyclic) bond motifs is 3. The van der Waals surface area contributed by atoms with Crippen LogP contribution in [0.15, 0.2) is 70.2 Å². The molecule has 1 aromatic heterocycles. The van der Waals surface area contributed by atoms with Gasteiger partial charge in [-0.3, -0.25) is 9.10 Å². The maximum atomic E-state index is 13.2. The van der Waals surface area contributed by atoms with E-state index >= 15 is 0 Å².